The Bertz CT molecular complexity index is 713. The minimum absolute atomic E-state index is 0.127. The molecule has 1 saturated heterocycles. The number of hydrogen-bond donors (Lipinski definition) is 1. The van der Waals surface area contributed by atoms with Gasteiger partial charge in [0.25, 0.3) is 0 Å². The molecule has 4 nitrogen and oxygen atoms in total. The molecule has 3 rings (SSSR count). The molecular weight excluding hydrogens is 342 g/mol. The second kappa shape index (κ2) is 9.28. The molecule has 26 heavy (non-hydrogen) atoms. The number of carbonyl (C=O) groups excluding carboxylic acids is 1. The third kappa shape index (κ3) is 4.92. The fraction of sp³-hybridized carbons (Fsp3) is 0.524. The van der Waals surface area contributed by atoms with Gasteiger partial charge >= 0.3 is 0 Å². The molecule has 1 amide bonds. The van der Waals surface area contributed by atoms with Gasteiger partial charge in [0.15, 0.2) is 0 Å². The largest absolute Gasteiger partial charge is 0.356 e. The molecule has 1 atom stereocenters. The molecule has 5 heteroatoms. The molecule has 1 aromatic heterocycles. The Hall–Kier alpha value is -1.72. The molecule has 2 aromatic rings. The van der Waals surface area contributed by atoms with E-state index in [9.17, 15) is 4.79 Å². The molecule has 0 aliphatic carbocycles. The van der Waals surface area contributed by atoms with Crippen molar-refractivity contribution < 1.29 is 4.79 Å². The maximum absolute atomic E-state index is 12.4. The van der Waals surface area contributed by atoms with Crippen molar-refractivity contribution in [2.75, 3.05) is 19.6 Å². The van der Waals surface area contributed by atoms with Crippen molar-refractivity contribution in [3.05, 3.63) is 40.9 Å². The predicted octanol–water partition coefficient (Wildman–Crippen LogP) is 4.25. The Morgan fingerprint density at radius 1 is 1.35 bits per heavy atom. The van der Waals surface area contributed by atoms with E-state index < -0.39 is 0 Å². The van der Waals surface area contributed by atoms with Crippen LogP contribution in [0.15, 0.2) is 30.3 Å². The smallest absolute Gasteiger partial charge is 0.224 e. The first-order chi connectivity index (χ1) is 12.7. The highest BCUT2D eigenvalue weighted by atomic mass is 32.1. The standard InChI is InChI=1S/C21H29N3OS/c1-3-4-12-22-20(25)18-11-8-13-24(14-18)15-19-16(2)23-21(26-19)17-9-6-5-7-10-17/h5-7,9-10,18H,3-4,8,11-15H2,1-2H3,(H,22,25). The van der Waals surface area contributed by atoms with Crippen LogP contribution in [0.5, 0.6) is 0 Å². The van der Waals surface area contributed by atoms with E-state index in [1.807, 2.05) is 6.07 Å². The number of thiazole rings is 1. The number of carbonyl (C=O) groups is 1. The fourth-order valence-electron chi connectivity index (χ4n) is 3.43. The van der Waals surface area contributed by atoms with Crippen LogP contribution in [0.4, 0.5) is 0 Å². The van der Waals surface area contributed by atoms with Crippen molar-refractivity contribution in [1.82, 2.24) is 15.2 Å². The van der Waals surface area contributed by atoms with Crippen molar-refractivity contribution in [3.8, 4) is 10.6 Å². The Balaban J connectivity index is 1.60. The van der Waals surface area contributed by atoms with Crippen LogP contribution < -0.4 is 5.32 Å². The van der Waals surface area contributed by atoms with Gasteiger partial charge in [-0.15, -0.1) is 11.3 Å². The van der Waals surface area contributed by atoms with E-state index in [1.165, 1.54) is 10.4 Å². The normalized spacial score (nSPS) is 18.0. The molecule has 1 aromatic carbocycles. The number of likely N-dealkylation sites (tertiary alicyclic amines) is 1. The van der Waals surface area contributed by atoms with Crippen LogP contribution in [0, 0.1) is 12.8 Å². The molecule has 0 radical (unpaired) electrons. The zero-order chi connectivity index (χ0) is 18.4. The molecule has 2 heterocycles. The van der Waals surface area contributed by atoms with Gasteiger partial charge in [-0.2, -0.15) is 0 Å². The molecule has 0 bridgehead atoms. The average Bonchev–Trinajstić information content (AvgIpc) is 3.03. The fourth-order valence-corrected chi connectivity index (χ4v) is 4.54. The lowest BCUT2D eigenvalue weighted by Gasteiger charge is -2.31. The number of amides is 1. The first-order valence-electron chi connectivity index (χ1n) is 9.69. The minimum atomic E-state index is 0.127. The molecule has 1 fully saturated rings. The molecule has 140 valence electrons. The average molecular weight is 372 g/mol. The van der Waals surface area contributed by atoms with Crippen LogP contribution in [-0.4, -0.2) is 35.4 Å². The highest BCUT2D eigenvalue weighted by Crippen LogP contribution is 2.29. The Labute approximate surface area is 160 Å². The summed E-state index contributed by atoms with van der Waals surface area (Å²) in [4.78, 5) is 20.9. The molecular formula is C21H29N3OS. The summed E-state index contributed by atoms with van der Waals surface area (Å²) >= 11 is 1.78. The Morgan fingerprint density at radius 3 is 2.92 bits per heavy atom. The van der Waals surface area contributed by atoms with Crippen molar-refractivity contribution >= 4 is 17.2 Å². The molecule has 1 aliphatic rings. The lowest BCUT2D eigenvalue weighted by atomic mass is 9.97. The van der Waals surface area contributed by atoms with E-state index in [1.54, 1.807) is 11.3 Å². The highest BCUT2D eigenvalue weighted by Gasteiger charge is 2.26. The van der Waals surface area contributed by atoms with E-state index in [2.05, 4.69) is 48.3 Å². The van der Waals surface area contributed by atoms with Crippen LogP contribution in [0.2, 0.25) is 0 Å². The maximum atomic E-state index is 12.4. The van der Waals surface area contributed by atoms with Crippen LogP contribution >= 0.6 is 11.3 Å². The third-order valence-corrected chi connectivity index (χ3v) is 6.18. The van der Waals surface area contributed by atoms with Gasteiger partial charge < -0.3 is 5.32 Å². The zero-order valence-electron chi connectivity index (χ0n) is 15.8. The van der Waals surface area contributed by atoms with Gasteiger partial charge in [-0.3, -0.25) is 9.69 Å². The van der Waals surface area contributed by atoms with E-state index in [-0.39, 0.29) is 11.8 Å². The van der Waals surface area contributed by atoms with E-state index in [0.29, 0.717) is 0 Å². The quantitative estimate of drug-likeness (QED) is 0.740. The van der Waals surface area contributed by atoms with E-state index in [0.717, 1.165) is 62.6 Å². The maximum Gasteiger partial charge on any atom is 0.224 e. The van der Waals surface area contributed by atoms with Gasteiger partial charge in [-0.25, -0.2) is 4.98 Å². The third-order valence-electron chi connectivity index (χ3n) is 4.99. The van der Waals surface area contributed by atoms with Crippen molar-refractivity contribution in [2.24, 2.45) is 5.92 Å². The SMILES string of the molecule is CCCCNC(=O)C1CCCN(Cc2sc(-c3ccccc3)nc2C)C1. The number of aryl methyl sites for hydroxylation is 1. The van der Waals surface area contributed by atoms with Crippen LogP contribution in [-0.2, 0) is 11.3 Å². The summed E-state index contributed by atoms with van der Waals surface area (Å²) in [6.45, 7) is 7.87. The van der Waals surface area contributed by atoms with E-state index in [4.69, 9.17) is 4.98 Å². The number of nitrogens with zero attached hydrogens (tertiary/aromatic N) is 2. The number of piperidine rings is 1. The zero-order valence-corrected chi connectivity index (χ0v) is 16.6. The van der Waals surface area contributed by atoms with Crippen LogP contribution in [0.3, 0.4) is 0 Å². The number of hydrogen-bond acceptors (Lipinski definition) is 4. The summed E-state index contributed by atoms with van der Waals surface area (Å²) in [5, 5.41) is 4.19. The van der Waals surface area contributed by atoms with Gasteiger partial charge in [-0.1, -0.05) is 43.7 Å². The molecule has 0 spiro atoms. The van der Waals surface area contributed by atoms with Gasteiger partial charge in [-0.05, 0) is 32.7 Å². The summed E-state index contributed by atoms with van der Waals surface area (Å²) in [6.07, 6.45) is 4.27. The topological polar surface area (TPSA) is 45.2 Å². The summed E-state index contributed by atoms with van der Waals surface area (Å²) in [5.41, 5.74) is 2.29. The number of benzene rings is 1. The number of aromatic nitrogens is 1. The van der Waals surface area contributed by atoms with Crippen LogP contribution in [0.1, 0.15) is 43.2 Å². The first-order valence-corrected chi connectivity index (χ1v) is 10.5. The van der Waals surface area contributed by atoms with Gasteiger partial charge in [0, 0.05) is 30.1 Å². The van der Waals surface area contributed by atoms with Crippen molar-refractivity contribution in [2.45, 2.75) is 46.1 Å². The Kier molecular flexibility index (Phi) is 6.80. The predicted molar refractivity (Wildman–Crippen MR) is 108 cm³/mol. The number of nitrogens with one attached hydrogen (secondary N) is 1. The molecule has 1 N–H and O–H groups in total. The molecule has 1 aliphatic heterocycles. The van der Waals surface area contributed by atoms with Crippen LogP contribution in [0.25, 0.3) is 10.6 Å². The molecule has 1 unspecified atom stereocenters. The second-order valence-corrected chi connectivity index (χ2v) is 8.20. The van der Waals surface area contributed by atoms with Crippen molar-refractivity contribution in [1.29, 1.82) is 0 Å². The first kappa shape index (κ1) is 19.1. The summed E-state index contributed by atoms with van der Waals surface area (Å²) in [6, 6.07) is 10.4. The van der Waals surface area contributed by atoms with Crippen molar-refractivity contribution in [3.63, 3.8) is 0 Å². The highest BCUT2D eigenvalue weighted by molar-refractivity contribution is 7.15. The van der Waals surface area contributed by atoms with E-state index >= 15 is 0 Å². The molecule has 0 saturated carbocycles. The minimum Gasteiger partial charge on any atom is -0.356 e. The lowest BCUT2D eigenvalue weighted by Crippen LogP contribution is -2.42. The Morgan fingerprint density at radius 2 is 2.15 bits per heavy atom. The van der Waals surface area contributed by atoms with Gasteiger partial charge in [0.2, 0.25) is 5.91 Å². The monoisotopic (exact) mass is 371 g/mol. The van der Waals surface area contributed by atoms with Gasteiger partial charge in [0.05, 0.1) is 11.6 Å². The van der Waals surface area contributed by atoms with Gasteiger partial charge in [0.1, 0.15) is 5.01 Å². The number of unbranched alkanes of at least 4 members (excludes halogenated alkanes) is 1. The number of rotatable bonds is 7. The summed E-state index contributed by atoms with van der Waals surface area (Å²) in [5.74, 6) is 0.358. The lowest BCUT2D eigenvalue weighted by molar-refractivity contribution is -0.126. The second-order valence-electron chi connectivity index (χ2n) is 7.11. The summed E-state index contributed by atoms with van der Waals surface area (Å²) in [7, 11) is 0. The summed E-state index contributed by atoms with van der Waals surface area (Å²) < 4.78 is 0.